The summed E-state index contributed by atoms with van der Waals surface area (Å²) in [7, 11) is -3.53. The zero-order valence-electron chi connectivity index (χ0n) is 12.7. The molecule has 0 saturated carbocycles. The van der Waals surface area contributed by atoms with Crippen molar-refractivity contribution in [2.75, 3.05) is 13.2 Å². The van der Waals surface area contributed by atoms with Crippen molar-refractivity contribution in [2.24, 2.45) is 5.41 Å². The van der Waals surface area contributed by atoms with Crippen molar-refractivity contribution in [3.05, 3.63) is 54.6 Å². The van der Waals surface area contributed by atoms with Crippen LogP contribution in [-0.2, 0) is 13.6 Å². The van der Waals surface area contributed by atoms with Crippen LogP contribution in [0.2, 0.25) is 0 Å². The molecule has 0 N–H and O–H groups in total. The Morgan fingerprint density at radius 3 is 2.27 bits per heavy atom. The zero-order valence-corrected chi connectivity index (χ0v) is 13.6. The summed E-state index contributed by atoms with van der Waals surface area (Å²) in [5, 5.41) is 0. The van der Waals surface area contributed by atoms with E-state index in [4.69, 9.17) is 13.6 Å². The third kappa shape index (κ3) is 3.58. The lowest BCUT2D eigenvalue weighted by Gasteiger charge is -2.32. The first-order chi connectivity index (χ1) is 10.5. The highest BCUT2D eigenvalue weighted by Gasteiger charge is 2.39. The minimum absolute atomic E-state index is 0.150. The third-order valence-electron chi connectivity index (χ3n) is 3.39. The maximum absolute atomic E-state index is 12.5. The minimum atomic E-state index is -3.53. The van der Waals surface area contributed by atoms with Crippen LogP contribution in [0.15, 0.2) is 54.6 Å². The second-order valence-corrected chi connectivity index (χ2v) is 7.74. The molecule has 0 bridgehead atoms. The van der Waals surface area contributed by atoms with Gasteiger partial charge in [-0.25, -0.2) is 4.57 Å². The summed E-state index contributed by atoms with van der Waals surface area (Å²) in [5.41, 5.74) is 1.91. The molecule has 0 unspecified atom stereocenters. The van der Waals surface area contributed by atoms with E-state index in [0.717, 1.165) is 11.1 Å². The van der Waals surface area contributed by atoms with E-state index in [1.807, 2.05) is 62.4 Å². The fraction of sp³-hybridized carbons (Fsp3) is 0.294. The van der Waals surface area contributed by atoms with Crippen LogP contribution >= 0.6 is 7.82 Å². The lowest BCUT2D eigenvalue weighted by atomic mass is 9.97. The molecule has 0 aromatic heterocycles. The molecule has 0 aliphatic carbocycles. The maximum atomic E-state index is 12.5. The van der Waals surface area contributed by atoms with Gasteiger partial charge in [-0.15, -0.1) is 0 Å². The summed E-state index contributed by atoms with van der Waals surface area (Å²) < 4.78 is 28.7. The Morgan fingerprint density at radius 1 is 0.955 bits per heavy atom. The second kappa shape index (κ2) is 5.88. The monoisotopic (exact) mass is 318 g/mol. The van der Waals surface area contributed by atoms with Crippen LogP contribution in [0.5, 0.6) is 5.75 Å². The Kier molecular flexibility index (Phi) is 4.09. The summed E-state index contributed by atoms with van der Waals surface area (Å²) in [6.07, 6.45) is 0. The van der Waals surface area contributed by atoms with Gasteiger partial charge in [-0.3, -0.25) is 9.05 Å². The molecule has 1 saturated heterocycles. The van der Waals surface area contributed by atoms with E-state index in [9.17, 15) is 4.57 Å². The highest BCUT2D eigenvalue weighted by molar-refractivity contribution is 7.49. The fourth-order valence-corrected chi connectivity index (χ4v) is 3.70. The molecule has 116 valence electrons. The van der Waals surface area contributed by atoms with Crippen LogP contribution in [-0.4, -0.2) is 13.2 Å². The molecule has 22 heavy (non-hydrogen) atoms. The first-order valence-corrected chi connectivity index (χ1v) is 8.66. The summed E-state index contributed by atoms with van der Waals surface area (Å²) in [4.78, 5) is 0. The smallest absolute Gasteiger partial charge is 0.404 e. The van der Waals surface area contributed by atoms with Crippen molar-refractivity contribution in [1.82, 2.24) is 0 Å². The predicted molar refractivity (Wildman–Crippen MR) is 85.8 cm³/mol. The average Bonchev–Trinajstić information content (AvgIpc) is 2.52. The van der Waals surface area contributed by atoms with Gasteiger partial charge < -0.3 is 4.52 Å². The molecular weight excluding hydrogens is 299 g/mol. The van der Waals surface area contributed by atoms with Gasteiger partial charge in [-0.1, -0.05) is 56.3 Å². The third-order valence-corrected chi connectivity index (χ3v) is 4.71. The van der Waals surface area contributed by atoms with Crippen molar-refractivity contribution in [3.63, 3.8) is 0 Å². The molecule has 2 aromatic carbocycles. The minimum Gasteiger partial charge on any atom is -0.404 e. The normalized spacial score (nSPS) is 19.5. The van der Waals surface area contributed by atoms with Gasteiger partial charge >= 0.3 is 7.82 Å². The summed E-state index contributed by atoms with van der Waals surface area (Å²) in [5.74, 6) is 0.476. The SMILES string of the molecule is CC1(C)COP(=O)(Oc2cccc(-c3ccccc3)c2)OC1. The largest absolute Gasteiger partial charge is 0.530 e. The van der Waals surface area contributed by atoms with E-state index in [1.54, 1.807) is 6.07 Å². The summed E-state index contributed by atoms with van der Waals surface area (Å²) in [6.45, 7) is 4.68. The zero-order chi connectivity index (χ0) is 15.6. The van der Waals surface area contributed by atoms with Gasteiger partial charge in [-0.05, 0) is 23.3 Å². The molecule has 1 aliphatic heterocycles. The molecule has 0 radical (unpaired) electrons. The maximum Gasteiger partial charge on any atom is 0.530 e. The molecule has 1 aliphatic rings. The average molecular weight is 318 g/mol. The van der Waals surface area contributed by atoms with Crippen LogP contribution in [0.4, 0.5) is 0 Å². The van der Waals surface area contributed by atoms with Gasteiger partial charge in [0.1, 0.15) is 5.75 Å². The van der Waals surface area contributed by atoms with Gasteiger partial charge in [0.2, 0.25) is 0 Å². The lowest BCUT2D eigenvalue weighted by Crippen LogP contribution is -2.30. The van der Waals surface area contributed by atoms with Crippen molar-refractivity contribution in [2.45, 2.75) is 13.8 Å². The molecule has 5 heteroatoms. The van der Waals surface area contributed by atoms with Crippen LogP contribution in [0.1, 0.15) is 13.8 Å². The Hall–Kier alpha value is -1.61. The Bertz CT molecular complexity index is 683. The van der Waals surface area contributed by atoms with E-state index in [-0.39, 0.29) is 5.41 Å². The number of phosphoric ester groups is 1. The molecule has 0 atom stereocenters. The van der Waals surface area contributed by atoms with E-state index in [0.29, 0.717) is 19.0 Å². The standard InChI is InChI=1S/C17H19O4P/c1-17(2)12-19-22(18,20-13-17)21-16-10-6-9-15(11-16)14-7-4-3-5-8-14/h3-11H,12-13H2,1-2H3. The predicted octanol–water partition coefficient (Wildman–Crippen LogP) is 4.91. The topological polar surface area (TPSA) is 44.8 Å². The van der Waals surface area contributed by atoms with Gasteiger partial charge in [0.05, 0.1) is 13.2 Å². The number of hydrogen-bond donors (Lipinski definition) is 0. The first kappa shape index (κ1) is 15.3. The van der Waals surface area contributed by atoms with Gasteiger partial charge in [0, 0.05) is 5.41 Å². The number of benzene rings is 2. The van der Waals surface area contributed by atoms with E-state index < -0.39 is 7.82 Å². The highest BCUT2D eigenvalue weighted by Crippen LogP contribution is 2.54. The molecule has 1 fully saturated rings. The van der Waals surface area contributed by atoms with Crippen LogP contribution in [0, 0.1) is 5.41 Å². The molecule has 0 amide bonds. The van der Waals surface area contributed by atoms with Crippen molar-refractivity contribution >= 4 is 7.82 Å². The van der Waals surface area contributed by atoms with Gasteiger partial charge in [0.15, 0.2) is 0 Å². The molecule has 3 rings (SSSR count). The number of hydrogen-bond acceptors (Lipinski definition) is 4. The lowest BCUT2D eigenvalue weighted by molar-refractivity contribution is 0.0182. The molecule has 0 spiro atoms. The Balaban J connectivity index is 1.78. The summed E-state index contributed by atoms with van der Waals surface area (Å²) >= 11 is 0. The van der Waals surface area contributed by atoms with E-state index >= 15 is 0 Å². The quantitative estimate of drug-likeness (QED) is 0.754. The molecule has 1 heterocycles. The first-order valence-electron chi connectivity index (χ1n) is 7.20. The van der Waals surface area contributed by atoms with Crippen molar-refractivity contribution in [1.29, 1.82) is 0 Å². The van der Waals surface area contributed by atoms with Gasteiger partial charge in [-0.2, -0.15) is 0 Å². The second-order valence-electron chi connectivity index (χ2n) is 6.14. The van der Waals surface area contributed by atoms with E-state index in [2.05, 4.69) is 0 Å². The molecule has 4 nitrogen and oxygen atoms in total. The highest BCUT2D eigenvalue weighted by atomic mass is 31.2. The number of phosphoric acid groups is 1. The Morgan fingerprint density at radius 2 is 1.59 bits per heavy atom. The number of rotatable bonds is 3. The summed E-state index contributed by atoms with van der Waals surface area (Å²) in [6, 6.07) is 17.4. The van der Waals surface area contributed by atoms with Crippen molar-refractivity contribution < 1.29 is 18.1 Å². The van der Waals surface area contributed by atoms with Gasteiger partial charge in [0.25, 0.3) is 0 Å². The molecular formula is C17H19O4P. The van der Waals surface area contributed by atoms with Crippen LogP contribution in [0.3, 0.4) is 0 Å². The fourth-order valence-electron chi connectivity index (χ4n) is 2.13. The van der Waals surface area contributed by atoms with Crippen LogP contribution in [0.25, 0.3) is 11.1 Å². The molecule has 2 aromatic rings. The Labute approximate surface area is 130 Å². The van der Waals surface area contributed by atoms with Crippen molar-refractivity contribution in [3.8, 4) is 16.9 Å². The van der Waals surface area contributed by atoms with Crippen LogP contribution < -0.4 is 4.52 Å². The van der Waals surface area contributed by atoms with E-state index in [1.165, 1.54) is 0 Å².